The van der Waals surface area contributed by atoms with Gasteiger partial charge in [0.2, 0.25) is 5.43 Å². The predicted molar refractivity (Wildman–Crippen MR) is 129 cm³/mol. The number of halogens is 1. The molecule has 0 aliphatic carbocycles. The molecule has 0 fully saturated rings. The summed E-state index contributed by atoms with van der Waals surface area (Å²) in [5.74, 6) is -0.539. The number of fused-ring (bicyclic) bond motifs is 1. The number of rotatable bonds is 6. The van der Waals surface area contributed by atoms with Gasteiger partial charge in [0.15, 0.2) is 11.5 Å². The van der Waals surface area contributed by atoms with E-state index < -0.39 is 17.8 Å². The van der Waals surface area contributed by atoms with Gasteiger partial charge in [-0.1, -0.05) is 44.2 Å². The van der Waals surface area contributed by atoms with Gasteiger partial charge in [0, 0.05) is 12.4 Å². The Morgan fingerprint density at radius 2 is 1.82 bits per heavy atom. The summed E-state index contributed by atoms with van der Waals surface area (Å²) in [6.07, 6.45) is 3.26. The van der Waals surface area contributed by atoms with E-state index >= 15 is 0 Å². The van der Waals surface area contributed by atoms with Crippen LogP contribution in [0, 0.1) is 11.7 Å². The van der Waals surface area contributed by atoms with E-state index in [1.165, 1.54) is 18.5 Å². The quantitative estimate of drug-likeness (QED) is 0.433. The fourth-order valence-electron chi connectivity index (χ4n) is 3.91. The number of amides is 1. The Balaban J connectivity index is 1.87. The molecule has 0 saturated carbocycles. The van der Waals surface area contributed by atoms with Crippen molar-refractivity contribution in [3.05, 3.63) is 87.9 Å². The van der Waals surface area contributed by atoms with Crippen molar-refractivity contribution in [3.63, 3.8) is 0 Å². The van der Waals surface area contributed by atoms with Crippen molar-refractivity contribution >= 4 is 22.7 Å². The summed E-state index contributed by atoms with van der Waals surface area (Å²) >= 11 is 0. The van der Waals surface area contributed by atoms with Crippen molar-refractivity contribution in [1.29, 1.82) is 0 Å². The molecule has 1 unspecified atom stereocenters. The van der Waals surface area contributed by atoms with Crippen molar-refractivity contribution in [2.45, 2.75) is 33.2 Å². The second-order valence-electron chi connectivity index (χ2n) is 8.56. The fraction of sp³-hybridized carbons (Fsp3) is 0.231. The Hall–Kier alpha value is -4.07. The van der Waals surface area contributed by atoms with E-state index in [9.17, 15) is 14.0 Å². The van der Waals surface area contributed by atoms with Gasteiger partial charge in [-0.25, -0.2) is 14.4 Å². The van der Waals surface area contributed by atoms with Gasteiger partial charge in [-0.15, -0.1) is 0 Å². The molecule has 4 rings (SSSR count). The van der Waals surface area contributed by atoms with Crippen LogP contribution < -0.4 is 16.5 Å². The smallest absolute Gasteiger partial charge is 0.274 e. The molecule has 7 nitrogen and oxygen atoms in total. The summed E-state index contributed by atoms with van der Waals surface area (Å²) in [6.45, 7) is 5.67. The number of hydrogen-bond acceptors (Lipinski definition) is 6. The number of nitrogens with two attached hydrogens (primary N) is 1. The first-order chi connectivity index (χ1) is 16.3. The maximum absolute atomic E-state index is 14.8. The van der Waals surface area contributed by atoms with E-state index in [4.69, 9.17) is 10.2 Å². The molecule has 2 aromatic heterocycles. The number of anilines is 1. The lowest BCUT2D eigenvalue weighted by atomic mass is 9.97. The molecule has 0 bridgehead atoms. The standard InChI is InChI=1S/C26H25FN4O3/c1-14(2)11-17-12-20-18(13-19(17)27)23(32)21(16-7-5-4-6-8-16)24(34-20)15(3)31-26(33)22-25(28)30-10-9-29-22/h4-10,12-15H,11H2,1-3H3,(H2,28,30)(H,31,33). The summed E-state index contributed by atoms with van der Waals surface area (Å²) in [5.41, 5.74) is 6.96. The Morgan fingerprint density at radius 3 is 2.50 bits per heavy atom. The minimum atomic E-state index is -0.722. The molecule has 4 aromatic rings. The number of carbonyl (C=O) groups excluding carboxylic acids is 1. The summed E-state index contributed by atoms with van der Waals surface area (Å²) in [5, 5.41) is 2.93. The average molecular weight is 461 g/mol. The molecule has 1 atom stereocenters. The maximum Gasteiger partial charge on any atom is 0.274 e. The van der Waals surface area contributed by atoms with Gasteiger partial charge >= 0.3 is 0 Å². The minimum Gasteiger partial charge on any atom is -0.458 e. The Morgan fingerprint density at radius 1 is 1.12 bits per heavy atom. The van der Waals surface area contributed by atoms with E-state index in [1.807, 2.05) is 19.9 Å². The van der Waals surface area contributed by atoms with E-state index in [0.717, 1.165) is 0 Å². The first kappa shape index (κ1) is 23.1. The van der Waals surface area contributed by atoms with Crippen LogP contribution in [-0.4, -0.2) is 15.9 Å². The summed E-state index contributed by atoms with van der Waals surface area (Å²) in [4.78, 5) is 34.2. The molecule has 0 aliphatic heterocycles. The predicted octanol–water partition coefficient (Wildman–Crippen LogP) is 4.66. The number of nitrogens with zero attached hydrogens (tertiary/aromatic N) is 2. The number of hydrogen-bond donors (Lipinski definition) is 2. The fourth-order valence-corrected chi connectivity index (χ4v) is 3.91. The first-order valence-corrected chi connectivity index (χ1v) is 11.0. The molecule has 0 spiro atoms. The van der Waals surface area contributed by atoms with E-state index in [2.05, 4.69) is 15.3 Å². The molecule has 8 heteroatoms. The van der Waals surface area contributed by atoms with Crippen molar-refractivity contribution in [3.8, 4) is 11.1 Å². The van der Waals surface area contributed by atoms with Gasteiger partial charge in [0.05, 0.1) is 17.0 Å². The third-order valence-electron chi connectivity index (χ3n) is 5.46. The average Bonchev–Trinajstić information content (AvgIpc) is 2.80. The third-order valence-corrected chi connectivity index (χ3v) is 5.46. The highest BCUT2D eigenvalue weighted by atomic mass is 19.1. The maximum atomic E-state index is 14.8. The Bertz CT molecular complexity index is 1420. The topological polar surface area (TPSA) is 111 Å². The summed E-state index contributed by atoms with van der Waals surface area (Å²) in [7, 11) is 0. The van der Waals surface area contributed by atoms with Crippen LogP contribution in [0.1, 0.15) is 48.6 Å². The minimum absolute atomic E-state index is 0.00995. The van der Waals surface area contributed by atoms with Gasteiger partial charge in [0.1, 0.15) is 17.2 Å². The lowest BCUT2D eigenvalue weighted by molar-refractivity contribution is 0.0931. The number of nitrogen functional groups attached to an aromatic ring is 1. The zero-order valence-corrected chi connectivity index (χ0v) is 19.1. The van der Waals surface area contributed by atoms with Crippen molar-refractivity contribution in [2.75, 3.05) is 5.73 Å². The summed E-state index contributed by atoms with van der Waals surface area (Å²) < 4.78 is 21.0. The number of benzene rings is 2. The van der Waals surface area contributed by atoms with Gasteiger partial charge in [-0.3, -0.25) is 9.59 Å². The van der Waals surface area contributed by atoms with Gasteiger partial charge < -0.3 is 15.5 Å². The van der Waals surface area contributed by atoms with Crippen LogP contribution in [0.15, 0.2) is 64.1 Å². The number of aromatic nitrogens is 2. The zero-order chi connectivity index (χ0) is 24.4. The van der Waals surface area contributed by atoms with Crippen LogP contribution >= 0.6 is 0 Å². The first-order valence-electron chi connectivity index (χ1n) is 11.0. The lowest BCUT2D eigenvalue weighted by Crippen LogP contribution is -2.29. The number of carbonyl (C=O) groups is 1. The van der Waals surface area contributed by atoms with Crippen molar-refractivity contribution in [2.24, 2.45) is 5.92 Å². The highest BCUT2D eigenvalue weighted by Gasteiger charge is 2.24. The molecule has 0 radical (unpaired) electrons. The second-order valence-corrected chi connectivity index (χ2v) is 8.56. The van der Waals surface area contributed by atoms with Crippen LogP contribution in [0.2, 0.25) is 0 Å². The van der Waals surface area contributed by atoms with Crippen LogP contribution in [0.25, 0.3) is 22.1 Å². The monoisotopic (exact) mass is 460 g/mol. The van der Waals surface area contributed by atoms with Crippen LogP contribution in [0.5, 0.6) is 0 Å². The highest BCUT2D eigenvalue weighted by Crippen LogP contribution is 2.30. The van der Waals surface area contributed by atoms with E-state index in [1.54, 1.807) is 37.3 Å². The molecule has 1 amide bonds. The molecule has 0 saturated heterocycles. The lowest BCUT2D eigenvalue weighted by Gasteiger charge is -2.18. The normalized spacial score (nSPS) is 12.1. The van der Waals surface area contributed by atoms with Gasteiger partial charge in [0.25, 0.3) is 5.91 Å². The third kappa shape index (κ3) is 4.52. The van der Waals surface area contributed by atoms with Crippen LogP contribution in [0.4, 0.5) is 10.2 Å². The molecule has 34 heavy (non-hydrogen) atoms. The van der Waals surface area contributed by atoms with Gasteiger partial charge in [-0.05, 0) is 42.5 Å². The molecule has 2 aromatic carbocycles. The largest absolute Gasteiger partial charge is 0.458 e. The molecular formula is C26H25FN4O3. The summed E-state index contributed by atoms with van der Waals surface area (Å²) in [6, 6.07) is 11.0. The highest BCUT2D eigenvalue weighted by molar-refractivity contribution is 5.96. The Labute approximate surface area is 195 Å². The van der Waals surface area contributed by atoms with Crippen molar-refractivity contribution in [1.82, 2.24) is 15.3 Å². The van der Waals surface area contributed by atoms with Gasteiger partial charge in [-0.2, -0.15) is 0 Å². The van der Waals surface area contributed by atoms with Crippen molar-refractivity contribution < 1.29 is 13.6 Å². The second kappa shape index (κ2) is 9.43. The molecular weight excluding hydrogens is 435 g/mol. The molecule has 3 N–H and O–H groups in total. The number of nitrogens with one attached hydrogen (secondary N) is 1. The SMILES string of the molecule is CC(C)Cc1cc2oc(C(C)NC(=O)c3nccnc3N)c(-c3ccccc3)c(=O)c2cc1F. The van der Waals surface area contributed by atoms with Crippen LogP contribution in [0.3, 0.4) is 0 Å². The van der Waals surface area contributed by atoms with Crippen LogP contribution in [-0.2, 0) is 6.42 Å². The Kier molecular flexibility index (Phi) is 6.40. The molecule has 2 heterocycles. The molecule has 0 aliphatic rings. The van der Waals surface area contributed by atoms with E-state index in [0.29, 0.717) is 17.5 Å². The van der Waals surface area contributed by atoms with E-state index in [-0.39, 0.29) is 45.2 Å². The molecule has 174 valence electrons. The zero-order valence-electron chi connectivity index (χ0n) is 19.1.